The van der Waals surface area contributed by atoms with E-state index in [1.54, 1.807) is 23.2 Å². The molecular weight excluding hydrogens is 346 g/mol. The van der Waals surface area contributed by atoms with Crippen LogP contribution in [0.4, 0.5) is 5.82 Å². The lowest BCUT2D eigenvalue weighted by Gasteiger charge is -2.42. The Morgan fingerprint density at radius 3 is 2.80 bits per heavy atom. The van der Waals surface area contributed by atoms with Gasteiger partial charge in [-0.1, -0.05) is 6.07 Å². The number of hydrogen-bond acceptors (Lipinski definition) is 6. The van der Waals surface area contributed by atoms with Crippen LogP contribution in [0, 0.1) is 0 Å². The maximum absolute atomic E-state index is 12.7. The van der Waals surface area contributed by atoms with Crippen molar-refractivity contribution in [2.24, 2.45) is 0 Å². The smallest absolute Gasteiger partial charge is 0.254 e. The first-order valence-corrected chi connectivity index (χ1v) is 9.93. The Labute approximate surface area is 146 Å². The third-order valence-corrected chi connectivity index (χ3v) is 7.14. The van der Waals surface area contributed by atoms with Gasteiger partial charge in [-0.25, -0.2) is 13.4 Å². The van der Waals surface area contributed by atoms with Crippen LogP contribution < -0.4 is 4.90 Å². The van der Waals surface area contributed by atoms with Gasteiger partial charge in [-0.2, -0.15) is 4.31 Å². The minimum absolute atomic E-state index is 0.114. The van der Waals surface area contributed by atoms with Gasteiger partial charge in [-0.05, 0) is 25.0 Å². The largest absolute Gasteiger partial charge is 0.377 e. The summed E-state index contributed by atoms with van der Waals surface area (Å²) in [5.74, 6) is 0.348. The summed E-state index contributed by atoms with van der Waals surface area (Å²) in [7, 11) is -3.33. The monoisotopic (exact) mass is 367 g/mol. The summed E-state index contributed by atoms with van der Waals surface area (Å²) in [4.78, 5) is 18.1. The molecule has 3 aliphatic rings. The first-order chi connectivity index (χ1) is 12.0. The SMILES string of the molecule is O=C1CO[C@]2(COCCN(S(=O)(=O)C3CC3)C2)CN1c1ccccn1. The van der Waals surface area contributed by atoms with Gasteiger partial charge < -0.3 is 9.47 Å². The normalized spacial score (nSPS) is 29.0. The standard InChI is InChI=1S/C16H21N3O5S/c20-15-9-24-16(11-19(15)14-3-1-2-6-17-14)10-18(7-8-23-12-16)25(21,22)13-4-5-13/h1-3,6,13H,4-5,7-12H2/t16-/m0/s1. The third-order valence-electron chi connectivity index (χ3n) is 4.80. The number of ether oxygens (including phenoxy) is 2. The Bertz CT molecular complexity index is 752. The van der Waals surface area contributed by atoms with Crippen LogP contribution in [0.1, 0.15) is 12.8 Å². The van der Waals surface area contributed by atoms with Crippen LogP contribution in [-0.2, 0) is 24.3 Å². The van der Waals surface area contributed by atoms with Gasteiger partial charge in [0.05, 0.1) is 25.0 Å². The van der Waals surface area contributed by atoms with E-state index < -0.39 is 15.6 Å². The van der Waals surface area contributed by atoms with Gasteiger partial charge in [0.2, 0.25) is 10.0 Å². The summed E-state index contributed by atoms with van der Waals surface area (Å²) >= 11 is 0. The number of morpholine rings is 1. The van der Waals surface area contributed by atoms with Crippen molar-refractivity contribution in [3.8, 4) is 0 Å². The van der Waals surface area contributed by atoms with Gasteiger partial charge >= 0.3 is 0 Å². The van der Waals surface area contributed by atoms with Crippen molar-refractivity contribution >= 4 is 21.7 Å². The van der Waals surface area contributed by atoms with Crippen molar-refractivity contribution in [1.29, 1.82) is 0 Å². The van der Waals surface area contributed by atoms with E-state index in [2.05, 4.69) is 4.98 Å². The molecule has 136 valence electrons. The Morgan fingerprint density at radius 2 is 2.08 bits per heavy atom. The van der Waals surface area contributed by atoms with Gasteiger partial charge in [-0.15, -0.1) is 0 Å². The third kappa shape index (κ3) is 3.29. The number of rotatable bonds is 3. The van der Waals surface area contributed by atoms with Crippen molar-refractivity contribution < 1.29 is 22.7 Å². The molecule has 0 bridgehead atoms. The fourth-order valence-corrected chi connectivity index (χ4v) is 5.18. The number of sulfonamides is 1. The summed E-state index contributed by atoms with van der Waals surface area (Å²) in [6, 6.07) is 5.35. The highest BCUT2D eigenvalue weighted by molar-refractivity contribution is 7.90. The average Bonchev–Trinajstić information content (AvgIpc) is 3.46. The zero-order chi connectivity index (χ0) is 17.5. The van der Waals surface area contributed by atoms with Gasteiger partial charge in [-0.3, -0.25) is 9.69 Å². The Kier molecular flexibility index (Phi) is 4.27. The van der Waals surface area contributed by atoms with Crippen LogP contribution in [0.2, 0.25) is 0 Å². The molecule has 1 aromatic heterocycles. The molecule has 25 heavy (non-hydrogen) atoms. The number of amides is 1. The molecule has 8 nitrogen and oxygen atoms in total. The zero-order valence-electron chi connectivity index (χ0n) is 13.8. The number of aromatic nitrogens is 1. The van der Waals surface area contributed by atoms with E-state index >= 15 is 0 Å². The van der Waals surface area contributed by atoms with Crippen LogP contribution in [0.5, 0.6) is 0 Å². The fraction of sp³-hybridized carbons (Fsp3) is 0.625. The molecular formula is C16H21N3O5S. The van der Waals surface area contributed by atoms with E-state index in [0.717, 1.165) is 0 Å². The number of carbonyl (C=O) groups is 1. The molecule has 1 amide bonds. The van der Waals surface area contributed by atoms with Crippen molar-refractivity contribution in [3.05, 3.63) is 24.4 Å². The first-order valence-electron chi connectivity index (χ1n) is 8.42. The summed E-state index contributed by atoms with van der Waals surface area (Å²) in [6.07, 6.45) is 3.05. The van der Waals surface area contributed by atoms with Crippen LogP contribution in [0.3, 0.4) is 0 Å². The quantitative estimate of drug-likeness (QED) is 0.748. The van der Waals surface area contributed by atoms with E-state index in [1.807, 2.05) is 6.07 Å². The van der Waals surface area contributed by atoms with Crippen LogP contribution >= 0.6 is 0 Å². The predicted molar refractivity (Wildman–Crippen MR) is 89.6 cm³/mol. The van der Waals surface area contributed by atoms with Gasteiger partial charge in [0.15, 0.2) is 0 Å². The van der Waals surface area contributed by atoms with E-state index in [4.69, 9.17) is 9.47 Å². The number of anilines is 1. The average molecular weight is 367 g/mol. The number of carbonyl (C=O) groups excluding carboxylic acids is 1. The van der Waals surface area contributed by atoms with Crippen LogP contribution in [0.25, 0.3) is 0 Å². The highest BCUT2D eigenvalue weighted by Crippen LogP contribution is 2.34. The van der Waals surface area contributed by atoms with Crippen LogP contribution in [-0.4, -0.2) is 73.9 Å². The summed E-state index contributed by atoms with van der Waals surface area (Å²) < 4.78 is 38.3. The molecule has 2 saturated heterocycles. The van der Waals surface area contributed by atoms with E-state index in [9.17, 15) is 13.2 Å². The minimum atomic E-state index is -3.33. The molecule has 1 atom stereocenters. The lowest BCUT2D eigenvalue weighted by atomic mass is 10.0. The summed E-state index contributed by atoms with van der Waals surface area (Å²) in [5.41, 5.74) is -0.871. The molecule has 0 radical (unpaired) electrons. The molecule has 1 spiro atoms. The Hall–Kier alpha value is -1.55. The first kappa shape index (κ1) is 16.9. The number of pyridine rings is 1. The molecule has 2 aliphatic heterocycles. The minimum Gasteiger partial charge on any atom is -0.377 e. The molecule has 1 saturated carbocycles. The van der Waals surface area contributed by atoms with E-state index in [-0.39, 0.29) is 37.5 Å². The summed E-state index contributed by atoms with van der Waals surface area (Å²) in [6.45, 7) is 1.20. The fourth-order valence-electron chi connectivity index (χ4n) is 3.28. The topological polar surface area (TPSA) is 89.0 Å². The highest BCUT2D eigenvalue weighted by Gasteiger charge is 2.48. The number of hydrogen-bond donors (Lipinski definition) is 0. The van der Waals surface area contributed by atoms with E-state index in [1.165, 1.54) is 4.31 Å². The Balaban J connectivity index is 1.60. The van der Waals surface area contributed by atoms with Crippen molar-refractivity contribution in [3.63, 3.8) is 0 Å². The van der Waals surface area contributed by atoms with Crippen molar-refractivity contribution in [1.82, 2.24) is 9.29 Å². The van der Waals surface area contributed by atoms with Crippen LogP contribution in [0.15, 0.2) is 24.4 Å². The molecule has 0 unspecified atom stereocenters. The lowest BCUT2D eigenvalue weighted by molar-refractivity contribution is -0.145. The molecule has 1 aliphatic carbocycles. The molecule has 1 aromatic rings. The summed E-state index contributed by atoms with van der Waals surface area (Å²) in [5, 5.41) is -0.278. The second kappa shape index (κ2) is 6.31. The van der Waals surface area contributed by atoms with Gasteiger partial charge in [0, 0.05) is 19.3 Å². The molecule has 3 heterocycles. The van der Waals surface area contributed by atoms with Crippen molar-refractivity contribution in [2.75, 3.05) is 44.4 Å². The molecule has 0 aromatic carbocycles. The van der Waals surface area contributed by atoms with E-state index in [0.29, 0.717) is 31.8 Å². The highest BCUT2D eigenvalue weighted by atomic mass is 32.2. The van der Waals surface area contributed by atoms with Gasteiger partial charge in [0.25, 0.3) is 5.91 Å². The Morgan fingerprint density at radius 1 is 1.24 bits per heavy atom. The lowest BCUT2D eigenvalue weighted by Crippen LogP contribution is -2.61. The number of nitrogens with zero attached hydrogens (tertiary/aromatic N) is 3. The maximum atomic E-state index is 12.7. The molecule has 3 fully saturated rings. The molecule has 9 heteroatoms. The molecule has 4 rings (SSSR count). The zero-order valence-corrected chi connectivity index (χ0v) is 14.7. The predicted octanol–water partition coefficient (Wildman–Crippen LogP) is 0.00800. The van der Waals surface area contributed by atoms with Crippen molar-refractivity contribution in [2.45, 2.75) is 23.7 Å². The second-order valence-electron chi connectivity index (χ2n) is 6.77. The van der Waals surface area contributed by atoms with Gasteiger partial charge in [0.1, 0.15) is 18.0 Å². The maximum Gasteiger partial charge on any atom is 0.254 e. The second-order valence-corrected chi connectivity index (χ2v) is 8.98. The molecule has 0 N–H and O–H groups in total.